The normalized spacial score (nSPS) is 14.7. The van der Waals surface area contributed by atoms with Crippen LogP contribution in [0.1, 0.15) is 30.6 Å². The summed E-state index contributed by atoms with van der Waals surface area (Å²) in [5.41, 5.74) is 1.53. The van der Waals surface area contributed by atoms with E-state index in [9.17, 15) is 9.90 Å². The van der Waals surface area contributed by atoms with Crippen LogP contribution in [-0.2, 0) is 12.3 Å². The number of furan rings is 1. The fourth-order valence-corrected chi connectivity index (χ4v) is 5.65. The summed E-state index contributed by atoms with van der Waals surface area (Å²) in [6.07, 6.45) is 4.00. The zero-order valence-corrected chi connectivity index (χ0v) is 22.4. The second-order valence-electron chi connectivity index (χ2n) is 9.42. The molecule has 38 heavy (non-hydrogen) atoms. The molecule has 0 aliphatic carbocycles. The Labute approximate surface area is 226 Å². The smallest absolute Gasteiger partial charge is 0.262 e. The highest BCUT2D eigenvalue weighted by molar-refractivity contribution is 7.98. The minimum absolute atomic E-state index is 0.133. The van der Waals surface area contributed by atoms with Gasteiger partial charge in [-0.15, -0.1) is 0 Å². The molecule has 1 saturated heterocycles. The fraction of sp³-hybridized carbons (Fsp3) is 0.379. The Morgan fingerprint density at radius 1 is 1.13 bits per heavy atom. The Morgan fingerprint density at radius 3 is 2.76 bits per heavy atom. The summed E-state index contributed by atoms with van der Waals surface area (Å²) >= 11 is 1.49. The largest absolute Gasteiger partial charge is 0.496 e. The van der Waals surface area contributed by atoms with Crippen molar-refractivity contribution in [2.45, 2.75) is 42.8 Å². The molecule has 1 N–H and O–H groups in total. The average Bonchev–Trinajstić information content (AvgIpc) is 3.46. The molecule has 200 valence electrons. The molecule has 9 heteroatoms. The molecule has 0 bridgehead atoms. The number of hydrogen-bond donors (Lipinski definition) is 1. The number of likely N-dealkylation sites (tertiary alicyclic amines) is 1. The lowest BCUT2D eigenvalue weighted by molar-refractivity contribution is 0.0800. The molecule has 2 aromatic carbocycles. The molecule has 0 radical (unpaired) electrons. The number of para-hydroxylation sites is 1. The number of hydrogen-bond acceptors (Lipinski definition) is 8. The third kappa shape index (κ3) is 6.40. The van der Waals surface area contributed by atoms with Crippen LogP contribution in [0.3, 0.4) is 0 Å². The van der Waals surface area contributed by atoms with Gasteiger partial charge in [0, 0.05) is 31.0 Å². The minimum Gasteiger partial charge on any atom is -0.496 e. The lowest BCUT2D eigenvalue weighted by Gasteiger charge is -2.29. The highest BCUT2D eigenvalue weighted by Gasteiger charge is 2.17. The zero-order chi connectivity index (χ0) is 26.3. The number of rotatable bonds is 11. The van der Waals surface area contributed by atoms with E-state index in [0.29, 0.717) is 46.5 Å². The van der Waals surface area contributed by atoms with E-state index in [-0.39, 0.29) is 11.7 Å². The van der Waals surface area contributed by atoms with Crippen molar-refractivity contribution < 1.29 is 19.0 Å². The van der Waals surface area contributed by atoms with Crippen LogP contribution in [0.25, 0.3) is 10.9 Å². The summed E-state index contributed by atoms with van der Waals surface area (Å²) < 4.78 is 18.7. The number of fused-ring (bicyclic) bond motifs is 1. The van der Waals surface area contributed by atoms with Crippen molar-refractivity contribution in [3.8, 4) is 11.5 Å². The number of aliphatic hydroxyl groups excluding tert-OH is 1. The van der Waals surface area contributed by atoms with Crippen LogP contribution in [0.4, 0.5) is 0 Å². The van der Waals surface area contributed by atoms with Crippen LogP contribution >= 0.6 is 11.8 Å². The van der Waals surface area contributed by atoms with E-state index in [0.717, 1.165) is 50.2 Å². The van der Waals surface area contributed by atoms with Gasteiger partial charge in [-0.25, -0.2) is 4.98 Å². The van der Waals surface area contributed by atoms with Gasteiger partial charge in [-0.1, -0.05) is 30.0 Å². The lowest BCUT2D eigenvalue weighted by atomic mass is 10.1. The molecule has 8 nitrogen and oxygen atoms in total. The Kier molecular flexibility index (Phi) is 8.68. The van der Waals surface area contributed by atoms with Crippen molar-refractivity contribution in [3.63, 3.8) is 0 Å². The SMILES string of the molecule is COc1ccccc1CSc1nc2ccc(OCCCN3CCC(O)CC3)cc2c(=O)n1Cc1ccco1. The van der Waals surface area contributed by atoms with E-state index in [2.05, 4.69) is 4.90 Å². The van der Waals surface area contributed by atoms with Crippen LogP contribution in [0.5, 0.6) is 11.5 Å². The van der Waals surface area contributed by atoms with Crippen molar-refractivity contribution in [2.24, 2.45) is 0 Å². The maximum Gasteiger partial charge on any atom is 0.262 e. The third-order valence-electron chi connectivity index (χ3n) is 6.78. The second-order valence-corrected chi connectivity index (χ2v) is 10.4. The van der Waals surface area contributed by atoms with Crippen LogP contribution in [0.2, 0.25) is 0 Å². The van der Waals surface area contributed by atoms with Gasteiger partial charge >= 0.3 is 0 Å². The second kappa shape index (κ2) is 12.5. The average molecular weight is 536 g/mol. The highest BCUT2D eigenvalue weighted by atomic mass is 32.2. The molecule has 0 unspecified atom stereocenters. The van der Waals surface area contributed by atoms with E-state index in [1.54, 1.807) is 24.0 Å². The van der Waals surface area contributed by atoms with Crippen molar-refractivity contribution >= 4 is 22.7 Å². The summed E-state index contributed by atoms with van der Waals surface area (Å²) in [6.45, 7) is 3.64. The van der Waals surface area contributed by atoms with Crippen molar-refractivity contribution in [1.29, 1.82) is 0 Å². The summed E-state index contributed by atoms with van der Waals surface area (Å²) in [6, 6.07) is 17.0. The molecule has 3 heterocycles. The maximum atomic E-state index is 13.7. The van der Waals surface area contributed by atoms with Crippen LogP contribution in [0.15, 0.2) is 75.2 Å². The summed E-state index contributed by atoms with van der Waals surface area (Å²) in [7, 11) is 1.66. The Hall–Kier alpha value is -3.27. The molecule has 1 fully saturated rings. The van der Waals surface area contributed by atoms with Gasteiger partial charge in [0.1, 0.15) is 17.3 Å². The predicted octanol–water partition coefficient (Wildman–Crippen LogP) is 4.56. The standard InChI is InChI=1S/C29H33N3O5S/c1-35-27-8-3-2-6-21(27)20-38-29-30-26-10-9-23(36-17-5-13-31-14-11-22(33)12-15-31)18-25(26)28(34)32(29)19-24-7-4-16-37-24/h2-4,6-10,16,18,22,33H,5,11-15,17,19-20H2,1H3. The van der Waals surface area contributed by atoms with E-state index in [4.69, 9.17) is 18.9 Å². The zero-order valence-electron chi connectivity index (χ0n) is 21.5. The van der Waals surface area contributed by atoms with Gasteiger partial charge in [-0.3, -0.25) is 9.36 Å². The number of aliphatic hydroxyl groups is 1. The molecule has 0 amide bonds. The molecular weight excluding hydrogens is 502 g/mol. The Bertz CT molecular complexity index is 1400. The van der Waals surface area contributed by atoms with Crippen molar-refractivity contribution in [2.75, 3.05) is 33.4 Å². The van der Waals surface area contributed by atoms with Crippen molar-refractivity contribution in [3.05, 3.63) is 82.5 Å². The molecule has 1 aliphatic heterocycles. The van der Waals surface area contributed by atoms with Crippen LogP contribution < -0.4 is 15.0 Å². The number of piperidine rings is 1. The third-order valence-corrected chi connectivity index (χ3v) is 7.80. The number of nitrogens with zero attached hydrogens (tertiary/aromatic N) is 3. The molecule has 0 saturated carbocycles. The van der Waals surface area contributed by atoms with Gasteiger partial charge in [-0.05, 0) is 55.7 Å². The van der Waals surface area contributed by atoms with Crippen LogP contribution in [0, 0.1) is 0 Å². The number of methoxy groups -OCH3 is 1. The number of ether oxygens (including phenoxy) is 2. The van der Waals surface area contributed by atoms with E-state index in [1.807, 2.05) is 48.5 Å². The van der Waals surface area contributed by atoms with Crippen LogP contribution in [-0.4, -0.2) is 59.0 Å². The predicted molar refractivity (Wildman–Crippen MR) is 148 cm³/mol. The van der Waals surface area contributed by atoms with Gasteiger partial charge in [0.25, 0.3) is 5.56 Å². The quantitative estimate of drug-likeness (QED) is 0.170. The van der Waals surface area contributed by atoms with E-state index < -0.39 is 0 Å². The first-order chi connectivity index (χ1) is 18.6. The van der Waals surface area contributed by atoms with Gasteiger partial charge in [-0.2, -0.15) is 0 Å². The first-order valence-corrected chi connectivity index (χ1v) is 13.9. The maximum absolute atomic E-state index is 13.7. The molecule has 2 aromatic heterocycles. The van der Waals surface area contributed by atoms with Gasteiger partial charge in [0.15, 0.2) is 5.16 Å². The molecule has 4 aromatic rings. The first-order valence-electron chi connectivity index (χ1n) is 13.0. The molecular formula is C29H33N3O5S. The topological polar surface area (TPSA) is 90.0 Å². The molecule has 0 spiro atoms. The summed E-state index contributed by atoms with van der Waals surface area (Å²) in [5.74, 6) is 2.76. The lowest BCUT2D eigenvalue weighted by Crippen LogP contribution is -2.36. The van der Waals surface area contributed by atoms with Gasteiger partial charge in [0.05, 0.1) is 43.5 Å². The number of benzene rings is 2. The van der Waals surface area contributed by atoms with E-state index in [1.165, 1.54) is 11.8 Å². The minimum atomic E-state index is -0.161. The summed E-state index contributed by atoms with van der Waals surface area (Å²) in [4.78, 5) is 20.9. The number of thioether (sulfide) groups is 1. The van der Waals surface area contributed by atoms with E-state index >= 15 is 0 Å². The van der Waals surface area contributed by atoms with Crippen molar-refractivity contribution in [1.82, 2.24) is 14.5 Å². The summed E-state index contributed by atoms with van der Waals surface area (Å²) in [5, 5.41) is 10.8. The Morgan fingerprint density at radius 2 is 1.97 bits per heavy atom. The molecule has 1 aliphatic rings. The molecule has 0 atom stereocenters. The fourth-order valence-electron chi connectivity index (χ4n) is 4.66. The number of aromatic nitrogens is 2. The monoisotopic (exact) mass is 535 g/mol. The van der Waals surface area contributed by atoms with Gasteiger partial charge < -0.3 is 23.9 Å². The highest BCUT2D eigenvalue weighted by Crippen LogP contribution is 2.28. The Balaban J connectivity index is 1.33. The first kappa shape index (κ1) is 26.3. The van der Waals surface area contributed by atoms with Gasteiger partial charge in [0.2, 0.25) is 0 Å². The molecule has 5 rings (SSSR count).